The fourth-order valence-corrected chi connectivity index (χ4v) is 3.68. The quantitative estimate of drug-likeness (QED) is 0.920. The molecule has 1 fully saturated rings. The van der Waals surface area contributed by atoms with Gasteiger partial charge in [0.05, 0.1) is 5.69 Å². The van der Waals surface area contributed by atoms with Crippen LogP contribution in [0.2, 0.25) is 0 Å². The summed E-state index contributed by atoms with van der Waals surface area (Å²) in [5.41, 5.74) is 1.77. The summed E-state index contributed by atoms with van der Waals surface area (Å²) in [7, 11) is 0. The first kappa shape index (κ1) is 16.8. The lowest BCUT2D eigenvalue weighted by Crippen LogP contribution is -2.29. The first-order valence-electron chi connectivity index (χ1n) is 9.09. The third-order valence-electron chi connectivity index (χ3n) is 5.02. The monoisotopic (exact) mass is 356 g/mol. The fraction of sp³-hybridized carbons (Fsp3) is 0.421. The summed E-state index contributed by atoms with van der Waals surface area (Å²) in [5.74, 6) is -0.555. The number of carbonyl (C=O) groups is 2. The van der Waals surface area contributed by atoms with E-state index in [1.54, 1.807) is 0 Å². The van der Waals surface area contributed by atoms with Gasteiger partial charge < -0.3 is 14.8 Å². The Morgan fingerprint density at radius 2 is 1.69 bits per heavy atom. The molecule has 0 aliphatic carbocycles. The molecule has 3 heterocycles. The zero-order chi connectivity index (χ0) is 18.1. The molecular formula is C19H21FN4O2. The Kier molecular flexibility index (Phi) is 4.44. The Hall–Kier alpha value is -2.70. The van der Waals surface area contributed by atoms with Gasteiger partial charge in [0.1, 0.15) is 11.5 Å². The molecule has 0 spiro atoms. The lowest BCUT2D eigenvalue weighted by atomic mass is 10.1. The molecule has 4 rings (SSSR count). The van der Waals surface area contributed by atoms with Gasteiger partial charge in [0.15, 0.2) is 5.82 Å². The maximum Gasteiger partial charge on any atom is 0.291 e. The van der Waals surface area contributed by atoms with Crippen LogP contribution in [0.1, 0.15) is 52.5 Å². The van der Waals surface area contributed by atoms with Crippen molar-refractivity contribution in [2.75, 3.05) is 18.4 Å². The number of nitrogens with one attached hydrogen (secondary N) is 1. The number of rotatable bonds is 3. The van der Waals surface area contributed by atoms with Gasteiger partial charge >= 0.3 is 0 Å². The molecule has 0 saturated carbocycles. The molecule has 0 bridgehead atoms. The number of fused-ring (bicyclic) bond motifs is 1. The van der Waals surface area contributed by atoms with Gasteiger partial charge in [-0.25, -0.2) is 9.37 Å². The van der Waals surface area contributed by atoms with E-state index in [1.807, 2.05) is 9.47 Å². The Balaban J connectivity index is 1.64. The van der Waals surface area contributed by atoms with Gasteiger partial charge in [-0.3, -0.25) is 9.59 Å². The van der Waals surface area contributed by atoms with Crippen LogP contribution in [0.15, 0.2) is 24.3 Å². The number of imidazole rings is 1. The van der Waals surface area contributed by atoms with E-state index < -0.39 is 0 Å². The molecular weight excluding hydrogens is 335 g/mol. The fourth-order valence-electron chi connectivity index (χ4n) is 3.68. The van der Waals surface area contributed by atoms with Crippen molar-refractivity contribution < 1.29 is 14.0 Å². The van der Waals surface area contributed by atoms with E-state index >= 15 is 0 Å². The van der Waals surface area contributed by atoms with Crippen LogP contribution in [-0.2, 0) is 13.0 Å². The van der Waals surface area contributed by atoms with Gasteiger partial charge in [-0.15, -0.1) is 0 Å². The van der Waals surface area contributed by atoms with Crippen molar-refractivity contribution in [1.82, 2.24) is 14.5 Å². The van der Waals surface area contributed by atoms with E-state index in [9.17, 15) is 14.0 Å². The van der Waals surface area contributed by atoms with Crippen LogP contribution in [-0.4, -0.2) is 39.4 Å². The lowest BCUT2D eigenvalue weighted by Gasteiger charge is -2.18. The highest BCUT2D eigenvalue weighted by Crippen LogP contribution is 2.24. The largest absolute Gasteiger partial charge is 0.337 e. The highest BCUT2D eigenvalue weighted by molar-refractivity contribution is 6.03. The maximum atomic E-state index is 13.0. The molecule has 2 aliphatic rings. The number of aromatic nitrogens is 2. The van der Waals surface area contributed by atoms with Crippen LogP contribution in [0.3, 0.4) is 0 Å². The molecule has 26 heavy (non-hydrogen) atoms. The van der Waals surface area contributed by atoms with Crippen molar-refractivity contribution in [3.05, 3.63) is 47.3 Å². The zero-order valence-corrected chi connectivity index (χ0v) is 14.5. The number of anilines is 1. The van der Waals surface area contributed by atoms with Crippen LogP contribution >= 0.6 is 0 Å². The van der Waals surface area contributed by atoms with Gasteiger partial charge in [-0.2, -0.15) is 0 Å². The molecule has 2 aliphatic heterocycles. The summed E-state index contributed by atoms with van der Waals surface area (Å²) in [4.78, 5) is 31.8. The van der Waals surface area contributed by atoms with E-state index in [-0.39, 0.29) is 23.5 Å². The van der Waals surface area contributed by atoms with Crippen molar-refractivity contribution in [2.24, 2.45) is 0 Å². The predicted octanol–water partition coefficient (Wildman–Crippen LogP) is 2.85. The molecule has 0 unspecified atom stereocenters. The summed E-state index contributed by atoms with van der Waals surface area (Å²) in [5, 5.41) is 2.74. The predicted molar refractivity (Wildman–Crippen MR) is 94.7 cm³/mol. The molecule has 136 valence electrons. The molecule has 0 atom stereocenters. The molecule has 2 aromatic rings. The first-order chi connectivity index (χ1) is 12.6. The third kappa shape index (κ3) is 3.09. The normalized spacial score (nSPS) is 16.4. The number of benzene rings is 1. The molecule has 1 N–H and O–H groups in total. The van der Waals surface area contributed by atoms with Crippen molar-refractivity contribution in [2.45, 2.75) is 38.6 Å². The second kappa shape index (κ2) is 6.90. The van der Waals surface area contributed by atoms with Gasteiger partial charge in [-0.1, -0.05) is 0 Å². The summed E-state index contributed by atoms with van der Waals surface area (Å²) in [6.07, 6.45) is 4.73. The second-order valence-corrected chi connectivity index (χ2v) is 6.80. The van der Waals surface area contributed by atoms with E-state index in [0.717, 1.165) is 50.9 Å². The number of amides is 2. The van der Waals surface area contributed by atoms with E-state index in [0.29, 0.717) is 17.9 Å². The summed E-state index contributed by atoms with van der Waals surface area (Å²) in [6, 6.07) is 5.59. The Bertz CT molecular complexity index is 838. The number of nitrogens with zero attached hydrogens (tertiary/aromatic N) is 3. The lowest BCUT2D eigenvalue weighted by molar-refractivity contribution is 0.0786. The maximum absolute atomic E-state index is 13.0. The van der Waals surface area contributed by atoms with Crippen molar-refractivity contribution >= 4 is 17.5 Å². The average molecular weight is 356 g/mol. The van der Waals surface area contributed by atoms with Crippen LogP contribution in [0, 0.1) is 5.82 Å². The number of carbonyl (C=O) groups excluding carboxylic acids is 2. The number of hydrogen-bond acceptors (Lipinski definition) is 3. The Morgan fingerprint density at radius 3 is 2.42 bits per heavy atom. The Morgan fingerprint density at radius 1 is 1.00 bits per heavy atom. The van der Waals surface area contributed by atoms with Crippen molar-refractivity contribution in [3.63, 3.8) is 0 Å². The topological polar surface area (TPSA) is 67.2 Å². The average Bonchev–Trinajstić information content (AvgIpc) is 3.31. The highest BCUT2D eigenvalue weighted by atomic mass is 19.1. The van der Waals surface area contributed by atoms with Crippen molar-refractivity contribution in [1.29, 1.82) is 0 Å². The number of hydrogen-bond donors (Lipinski definition) is 1. The summed E-state index contributed by atoms with van der Waals surface area (Å²) in [6.45, 7) is 2.19. The van der Waals surface area contributed by atoms with Crippen LogP contribution in [0.25, 0.3) is 0 Å². The van der Waals surface area contributed by atoms with Crippen molar-refractivity contribution in [3.8, 4) is 0 Å². The number of halogens is 1. The molecule has 0 radical (unpaired) electrons. The van der Waals surface area contributed by atoms with Crippen LogP contribution < -0.4 is 5.32 Å². The third-order valence-corrected chi connectivity index (χ3v) is 5.02. The first-order valence-corrected chi connectivity index (χ1v) is 9.09. The minimum Gasteiger partial charge on any atom is -0.337 e. The second-order valence-electron chi connectivity index (χ2n) is 6.80. The van der Waals surface area contributed by atoms with E-state index in [2.05, 4.69) is 10.3 Å². The van der Waals surface area contributed by atoms with Gasteiger partial charge in [-0.05, 0) is 56.4 Å². The summed E-state index contributed by atoms with van der Waals surface area (Å²) < 4.78 is 14.9. The van der Waals surface area contributed by atoms with E-state index in [4.69, 9.17) is 0 Å². The molecule has 6 nitrogen and oxygen atoms in total. The minimum absolute atomic E-state index is 0.0750. The molecule has 1 aromatic carbocycles. The molecule has 7 heteroatoms. The highest BCUT2D eigenvalue weighted by Gasteiger charge is 2.30. The summed E-state index contributed by atoms with van der Waals surface area (Å²) >= 11 is 0. The Labute approximate surface area is 151 Å². The van der Waals surface area contributed by atoms with Crippen LogP contribution in [0.4, 0.5) is 10.1 Å². The van der Waals surface area contributed by atoms with Crippen LogP contribution in [0.5, 0.6) is 0 Å². The standard InChI is InChI=1S/C19H21FN4O2/c20-13-6-8-14(9-7-13)21-18(25)17-22-16(15-5-1-2-12-24(15)17)19(26)23-10-3-4-11-23/h6-9H,1-5,10-12H2,(H,21,25). The SMILES string of the molecule is O=C(Nc1ccc(F)cc1)c1nc(C(=O)N2CCCC2)c2n1CCCC2. The molecule has 1 saturated heterocycles. The van der Waals surface area contributed by atoms with Gasteiger partial charge in [0.25, 0.3) is 11.8 Å². The van der Waals surface area contributed by atoms with Gasteiger partial charge in [0, 0.05) is 25.3 Å². The number of likely N-dealkylation sites (tertiary alicyclic amines) is 1. The molecule has 1 aromatic heterocycles. The smallest absolute Gasteiger partial charge is 0.291 e. The minimum atomic E-state index is -0.375. The van der Waals surface area contributed by atoms with E-state index in [1.165, 1.54) is 24.3 Å². The zero-order valence-electron chi connectivity index (χ0n) is 14.5. The molecule has 2 amide bonds. The van der Waals surface area contributed by atoms with Gasteiger partial charge in [0.2, 0.25) is 0 Å².